The van der Waals surface area contributed by atoms with Crippen molar-refractivity contribution in [2.75, 3.05) is 5.32 Å². The van der Waals surface area contributed by atoms with Crippen LogP contribution in [-0.4, -0.2) is 26.1 Å². The van der Waals surface area contributed by atoms with E-state index >= 15 is 0 Å². The smallest absolute Gasteiger partial charge is 0.255 e. The van der Waals surface area contributed by atoms with E-state index in [0.717, 1.165) is 23.4 Å². The Labute approximate surface area is 140 Å². The summed E-state index contributed by atoms with van der Waals surface area (Å²) in [4.78, 5) is 12.6. The first kappa shape index (κ1) is 15.9. The van der Waals surface area contributed by atoms with Crippen LogP contribution >= 0.6 is 0 Å². The summed E-state index contributed by atoms with van der Waals surface area (Å²) in [6.07, 6.45) is 2.51. The summed E-state index contributed by atoms with van der Waals surface area (Å²) in [5, 5.41) is 14.1. The highest BCUT2D eigenvalue weighted by Gasteiger charge is 2.13. The van der Waals surface area contributed by atoms with Gasteiger partial charge in [0.2, 0.25) is 0 Å². The Morgan fingerprint density at radius 2 is 2.04 bits per heavy atom. The number of carbonyl (C=O) groups is 1. The van der Waals surface area contributed by atoms with Gasteiger partial charge in [-0.05, 0) is 52.6 Å². The Morgan fingerprint density at radius 1 is 1.21 bits per heavy atom. The largest absolute Gasteiger partial charge is 0.322 e. The third-order valence-corrected chi connectivity index (χ3v) is 4.07. The number of rotatable bonds is 5. The Morgan fingerprint density at radius 3 is 2.79 bits per heavy atom. The fourth-order valence-electron chi connectivity index (χ4n) is 2.52. The maximum absolute atomic E-state index is 12.6. The molecule has 3 aromatic rings. The van der Waals surface area contributed by atoms with Crippen LogP contribution in [0.2, 0.25) is 0 Å². The molecule has 1 amide bonds. The van der Waals surface area contributed by atoms with E-state index in [2.05, 4.69) is 40.8 Å². The molecular formula is C18H19N5O. The van der Waals surface area contributed by atoms with Crippen molar-refractivity contribution in [1.82, 2.24) is 20.2 Å². The summed E-state index contributed by atoms with van der Waals surface area (Å²) in [7, 11) is 0. The monoisotopic (exact) mass is 321 g/mol. The molecule has 0 saturated carbocycles. The van der Waals surface area contributed by atoms with Gasteiger partial charge in [0.1, 0.15) is 6.33 Å². The number of nitrogens with zero attached hydrogens (tertiary/aromatic N) is 4. The molecule has 6 nitrogen and oxygen atoms in total. The average Bonchev–Trinajstić information content (AvgIpc) is 3.16. The molecule has 24 heavy (non-hydrogen) atoms. The van der Waals surface area contributed by atoms with E-state index in [1.807, 2.05) is 30.3 Å². The van der Waals surface area contributed by atoms with E-state index in [4.69, 9.17) is 0 Å². The van der Waals surface area contributed by atoms with Crippen LogP contribution in [0.5, 0.6) is 0 Å². The predicted octanol–water partition coefficient (Wildman–Crippen LogP) is 3.43. The van der Waals surface area contributed by atoms with Gasteiger partial charge in [0.05, 0.1) is 5.69 Å². The fraction of sp³-hybridized carbons (Fsp3) is 0.222. The summed E-state index contributed by atoms with van der Waals surface area (Å²) >= 11 is 0. The molecule has 6 heteroatoms. The van der Waals surface area contributed by atoms with Crippen molar-refractivity contribution in [3.8, 4) is 5.69 Å². The molecule has 0 spiro atoms. The lowest BCUT2D eigenvalue weighted by molar-refractivity contribution is 0.102. The molecular weight excluding hydrogens is 302 g/mol. The molecule has 2 aromatic carbocycles. The minimum Gasteiger partial charge on any atom is -0.322 e. The van der Waals surface area contributed by atoms with E-state index in [9.17, 15) is 4.79 Å². The molecule has 0 unspecified atom stereocenters. The first-order chi connectivity index (χ1) is 11.7. The molecule has 0 saturated heterocycles. The van der Waals surface area contributed by atoms with Gasteiger partial charge in [-0.15, -0.1) is 5.10 Å². The van der Waals surface area contributed by atoms with Gasteiger partial charge in [-0.2, -0.15) is 0 Å². The quantitative estimate of drug-likeness (QED) is 0.781. The number of amides is 1. The van der Waals surface area contributed by atoms with Gasteiger partial charge < -0.3 is 5.32 Å². The van der Waals surface area contributed by atoms with Crippen molar-refractivity contribution >= 4 is 11.6 Å². The van der Waals surface area contributed by atoms with Gasteiger partial charge in [0.25, 0.3) is 5.91 Å². The highest BCUT2D eigenvalue weighted by atomic mass is 16.1. The SMILES string of the molecule is CC[C@H](C)c1ccccc1NC(=O)c1cccc(-n2cnnn2)c1. The van der Waals surface area contributed by atoms with E-state index in [1.54, 1.807) is 12.1 Å². The molecule has 0 radical (unpaired) electrons. The van der Waals surface area contributed by atoms with E-state index in [1.165, 1.54) is 11.0 Å². The van der Waals surface area contributed by atoms with Crippen molar-refractivity contribution in [1.29, 1.82) is 0 Å². The highest BCUT2D eigenvalue weighted by molar-refractivity contribution is 6.05. The van der Waals surface area contributed by atoms with Crippen LogP contribution in [0.15, 0.2) is 54.9 Å². The molecule has 0 aliphatic heterocycles. The van der Waals surface area contributed by atoms with Crippen LogP contribution in [0.4, 0.5) is 5.69 Å². The van der Waals surface area contributed by atoms with E-state index in [-0.39, 0.29) is 5.91 Å². The number of tetrazole rings is 1. The van der Waals surface area contributed by atoms with Gasteiger partial charge in [-0.3, -0.25) is 4.79 Å². The van der Waals surface area contributed by atoms with Crippen molar-refractivity contribution < 1.29 is 4.79 Å². The van der Waals surface area contributed by atoms with Crippen molar-refractivity contribution in [3.63, 3.8) is 0 Å². The molecule has 1 atom stereocenters. The molecule has 0 aliphatic rings. The summed E-state index contributed by atoms with van der Waals surface area (Å²) in [6, 6.07) is 15.1. The highest BCUT2D eigenvalue weighted by Crippen LogP contribution is 2.27. The van der Waals surface area contributed by atoms with Crippen LogP contribution in [0.25, 0.3) is 5.69 Å². The lowest BCUT2D eigenvalue weighted by Gasteiger charge is -2.15. The third-order valence-electron chi connectivity index (χ3n) is 4.07. The lowest BCUT2D eigenvalue weighted by Crippen LogP contribution is -2.14. The summed E-state index contributed by atoms with van der Waals surface area (Å²) in [5.74, 6) is 0.231. The number of hydrogen-bond donors (Lipinski definition) is 1. The van der Waals surface area contributed by atoms with Crippen LogP contribution in [0, 0.1) is 0 Å². The number of anilines is 1. The van der Waals surface area contributed by atoms with Crippen molar-refractivity contribution in [2.45, 2.75) is 26.2 Å². The van der Waals surface area contributed by atoms with Crippen LogP contribution in [-0.2, 0) is 0 Å². The Balaban J connectivity index is 1.85. The molecule has 3 rings (SSSR count). The maximum Gasteiger partial charge on any atom is 0.255 e. The first-order valence-electron chi connectivity index (χ1n) is 7.92. The molecule has 0 fully saturated rings. The Bertz CT molecular complexity index is 829. The first-order valence-corrected chi connectivity index (χ1v) is 7.92. The number of carbonyl (C=O) groups excluding carboxylic acids is 1. The Kier molecular flexibility index (Phi) is 4.65. The molecule has 0 aliphatic carbocycles. The molecule has 0 bridgehead atoms. The van der Waals surface area contributed by atoms with Gasteiger partial charge >= 0.3 is 0 Å². The second kappa shape index (κ2) is 7.04. The van der Waals surface area contributed by atoms with Gasteiger partial charge in [0, 0.05) is 11.3 Å². The second-order valence-electron chi connectivity index (χ2n) is 5.66. The number of hydrogen-bond acceptors (Lipinski definition) is 4. The normalized spacial score (nSPS) is 11.9. The molecule has 122 valence electrons. The zero-order chi connectivity index (χ0) is 16.9. The third kappa shape index (κ3) is 3.32. The summed E-state index contributed by atoms with van der Waals surface area (Å²) in [5.41, 5.74) is 3.29. The minimum atomic E-state index is -0.152. The zero-order valence-electron chi connectivity index (χ0n) is 13.7. The maximum atomic E-state index is 12.6. The molecule has 1 N–H and O–H groups in total. The number of nitrogens with one attached hydrogen (secondary N) is 1. The van der Waals surface area contributed by atoms with Gasteiger partial charge in [-0.1, -0.05) is 38.1 Å². The number of benzene rings is 2. The average molecular weight is 321 g/mol. The summed E-state index contributed by atoms with van der Waals surface area (Å²) in [6.45, 7) is 4.29. The van der Waals surface area contributed by atoms with Gasteiger partial charge in [0.15, 0.2) is 0 Å². The topological polar surface area (TPSA) is 72.7 Å². The molecule has 1 aromatic heterocycles. The standard InChI is InChI=1S/C18H19N5O/c1-3-13(2)16-9-4-5-10-17(16)20-18(24)14-7-6-8-15(11-14)23-12-19-21-22-23/h4-13H,3H2,1-2H3,(H,20,24)/t13-/m0/s1. The van der Waals surface area contributed by atoms with Crippen LogP contribution in [0.3, 0.4) is 0 Å². The Hall–Kier alpha value is -3.02. The minimum absolute atomic E-state index is 0.152. The fourth-order valence-corrected chi connectivity index (χ4v) is 2.52. The van der Waals surface area contributed by atoms with E-state index < -0.39 is 0 Å². The van der Waals surface area contributed by atoms with Crippen LogP contribution in [0.1, 0.15) is 42.1 Å². The lowest BCUT2D eigenvalue weighted by atomic mass is 9.97. The van der Waals surface area contributed by atoms with Gasteiger partial charge in [-0.25, -0.2) is 4.68 Å². The van der Waals surface area contributed by atoms with E-state index in [0.29, 0.717) is 11.5 Å². The zero-order valence-corrected chi connectivity index (χ0v) is 13.7. The number of para-hydroxylation sites is 1. The molecule has 1 heterocycles. The second-order valence-corrected chi connectivity index (χ2v) is 5.66. The predicted molar refractivity (Wildman–Crippen MR) is 92.3 cm³/mol. The summed E-state index contributed by atoms with van der Waals surface area (Å²) < 4.78 is 1.52. The van der Waals surface area contributed by atoms with Crippen molar-refractivity contribution in [3.05, 3.63) is 66.0 Å². The van der Waals surface area contributed by atoms with Crippen molar-refractivity contribution in [2.24, 2.45) is 0 Å². The van der Waals surface area contributed by atoms with Crippen LogP contribution < -0.4 is 5.32 Å². The number of aromatic nitrogens is 4.